The summed E-state index contributed by atoms with van der Waals surface area (Å²) < 4.78 is 12.7. The first-order valence-electron chi connectivity index (χ1n) is 5.53. The van der Waals surface area contributed by atoms with Crippen molar-refractivity contribution in [3.05, 3.63) is 30.6 Å². The van der Waals surface area contributed by atoms with Crippen molar-refractivity contribution in [1.29, 1.82) is 0 Å². The number of methoxy groups -OCH3 is 2. The molecular weight excluding hydrogens is 216 g/mol. The van der Waals surface area contributed by atoms with E-state index >= 15 is 0 Å². The predicted molar refractivity (Wildman–Crippen MR) is 66.4 cm³/mol. The van der Waals surface area contributed by atoms with Gasteiger partial charge in [-0.25, -0.2) is 4.98 Å². The van der Waals surface area contributed by atoms with Gasteiger partial charge < -0.3 is 14.0 Å². The smallest absolute Gasteiger partial charge is 0.143 e. The number of hydrogen-bond donors (Lipinski definition) is 0. The van der Waals surface area contributed by atoms with Gasteiger partial charge in [-0.2, -0.15) is 0 Å². The Bertz CT molecular complexity index is 506. The van der Waals surface area contributed by atoms with E-state index in [4.69, 9.17) is 9.47 Å². The lowest BCUT2D eigenvalue weighted by molar-refractivity contribution is 0.404. The first-order valence-corrected chi connectivity index (χ1v) is 5.53. The number of nitrogens with zero attached hydrogens (tertiary/aromatic N) is 2. The molecule has 1 aromatic carbocycles. The average Bonchev–Trinajstić information content (AvgIpc) is 2.86. The highest BCUT2D eigenvalue weighted by atomic mass is 16.5. The van der Waals surface area contributed by atoms with E-state index in [9.17, 15) is 0 Å². The second-order valence-corrected chi connectivity index (χ2v) is 3.60. The molecule has 0 atom stereocenters. The van der Waals surface area contributed by atoms with Gasteiger partial charge in [0, 0.05) is 18.9 Å². The molecule has 0 saturated carbocycles. The molecular formula is C13H16N2O2. The van der Waals surface area contributed by atoms with Crippen LogP contribution in [0.3, 0.4) is 0 Å². The fourth-order valence-electron chi connectivity index (χ4n) is 1.80. The summed E-state index contributed by atoms with van der Waals surface area (Å²) in [6, 6.07) is 5.71. The summed E-state index contributed by atoms with van der Waals surface area (Å²) in [5, 5.41) is 0. The molecule has 0 N–H and O–H groups in total. The molecule has 0 spiro atoms. The highest BCUT2D eigenvalue weighted by Gasteiger charge is 2.12. The van der Waals surface area contributed by atoms with Gasteiger partial charge in [0.05, 0.1) is 19.8 Å². The Morgan fingerprint density at radius 2 is 2.06 bits per heavy atom. The van der Waals surface area contributed by atoms with Crippen LogP contribution in [0.2, 0.25) is 0 Å². The van der Waals surface area contributed by atoms with Crippen LogP contribution in [0.15, 0.2) is 30.6 Å². The van der Waals surface area contributed by atoms with Crippen LogP contribution in [-0.2, 0) is 6.54 Å². The molecule has 1 heterocycles. The van der Waals surface area contributed by atoms with Crippen LogP contribution in [0.4, 0.5) is 0 Å². The molecule has 0 bridgehead atoms. The van der Waals surface area contributed by atoms with Crippen molar-refractivity contribution < 1.29 is 9.47 Å². The number of benzene rings is 1. The maximum Gasteiger partial charge on any atom is 0.143 e. The maximum atomic E-state index is 5.36. The Morgan fingerprint density at radius 1 is 1.24 bits per heavy atom. The molecule has 2 aromatic rings. The zero-order valence-corrected chi connectivity index (χ0v) is 10.3. The minimum atomic E-state index is 0.798. The second kappa shape index (κ2) is 4.91. The van der Waals surface area contributed by atoms with Crippen LogP contribution < -0.4 is 9.47 Å². The predicted octanol–water partition coefficient (Wildman–Crippen LogP) is 2.59. The van der Waals surface area contributed by atoms with Crippen molar-refractivity contribution in [2.24, 2.45) is 0 Å². The number of aromatic nitrogens is 2. The molecule has 0 saturated heterocycles. The lowest BCUT2D eigenvalue weighted by Crippen LogP contribution is -1.98. The number of hydrogen-bond acceptors (Lipinski definition) is 3. The standard InChI is InChI=1S/C13H16N2O2/c1-4-15-8-7-14-13(15)11-9-10(16-2)5-6-12(11)17-3/h5-9H,4H2,1-3H3. The largest absolute Gasteiger partial charge is 0.497 e. The molecule has 90 valence electrons. The molecule has 17 heavy (non-hydrogen) atoms. The minimum Gasteiger partial charge on any atom is -0.497 e. The molecule has 0 aliphatic heterocycles. The van der Waals surface area contributed by atoms with Gasteiger partial charge in [0.2, 0.25) is 0 Å². The van der Waals surface area contributed by atoms with E-state index in [1.54, 1.807) is 20.4 Å². The number of imidazole rings is 1. The van der Waals surface area contributed by atoms with Crippen LogP contribution >= 0.6 is 0 Å². The molecule has 0 aliphatic carbocycles. The summed E-state index contributed by atoms with van der Waals surface area (Å²) in [6.45, 7) is 2.95. The average molecular weight is 232 g/mol. The molecule has 0 aliphatic rings. The summed E-state index contributed by atoms with van der Waals surface area (Å²) in [7, 11) is 3.31. The first kappa shape index (κ1) is 11.5. The molecule has 0 unspecified atom stereocenters. The van der Waals surface area contributed by atoms with Crippen LogP contribution in [-0.4, -0.2) is 23.8 Å². The molecule has 2 rings (SSSR count). The van der Waals surface area contributed by atoms with Gasteiger partial charge >= 0.3 is 0 Å². The Hall–Kier alpha value is -1.97. The summed E-state index contributed by atoms with van der Waals surface area (Å²) in [5.74, 6) is 2.49. The normalized spacial score (nSPS) is 10.3. The monoisotopic (exact) mass is 232 g/mol. The molecule has 0 radical (unpaired) electrons. The van der Waals surface area contributed by atoms with Crippen molar-refractivity contribution in [1.82, 2.24) is 9.55 Å². The van der Waals surface area contributed by atoms with Crippen molar-refractivity contribution in [3.63, 3.8) is 0 Å². The van der Waals surface area contributed by atoms with E-state index < -0.39 is 0 Å². The van der Waals surface area contributed by atoms with Crippen molar-refractivity contribution in [3.8, 4) is 22.9 Å². The summed E-state index contributed by atoms with van der Waals surface area (Å²) in [5.41, 5.74) is 0.943. The fraction of sp³-hybridized carbons (Fsp3) is 0.308. The van der Waals surface area contributed by atoms with Gasteiger partial charge in [-0.3, -0.25) is 0 Å². The molecule has 0 amide bonds. The van der Waals surface area contributed by atoms with E-state index in [-0.39, 0.29) is 0 Å². The van der Waals surface area contributed by atoms with E-state index in [1.165, 1.54) is 0 Å². The molecule has 1 aromatic heterocycles. The van der Waals surface area contributed by atoms with Gasteiger partial charge in [0.25, 0.3) is 0 Å². The SMILES string of the molecule is CCn1ccnc1-c1cc(OC)ccc1OC. The lowest BCUT2D eigenvalue weighted by atomic mass is 10.1. The molecule has 4 nitrogen and oxygen atoms in total. The maximum absolute atomic E-state index is 5.36. The van der Waals surface area contributed by atoms with Crippen molar-refractivity contribution in [2.75, 3.05) is 14.2 Å². The van der Waals surface area contributed by atoms with E-state index in [0.717, 1.165) is 29.4 Å². The first-order chi connectivity index (χ1) is 8.30. The quantitative estimate of drug-likeness (QED) is 0.813. The van der Waals surface area contributed by atoms with Crippen molar-refractivity contribution >= 4 is 0 Å². The van der Waals surface area contributed by atoms with Gasteiger partial charge in [-0.05, 0) is 25.1 Å². The van der Waals surface area contributed by atoms with E-state index in [1.807, 2.05) is 24.4 Å². The van der Waals surface area contributed by atoms with Gasteiger partial charge in [0.15, 0.2) is 0 Å². The number of ether oxygens (including phenoxy) is 2. The number of rotatable bonds is 4. The Labute approximate surface area is 101 Å². The van der Waals surface area contributed by atoms with Crippen LogP contribution in [0.5, 0.6) is 11.5 Å². The van der Waals surface area contributed by atoms with Gasteiger partial charge in [-0.15, -0.1) is 0 Å². The number of aryl methyl sites for hydroxylation is 1. The van der Waals surface area contributed by atoms with Gasteiger partial charge in [0.1, 0.15) is 17.3 Å². The third-order valence-electron chi connectivity index (χ3n) is 2.70. The highest BCUT2D eigenvalue weighted by molar-refractivity contribution is 5.66. The Balaban J connectivity index is 2.56. The minimum absolute atomic E-state index is 0.798. The Morgan fingerprint density at radius 3 is 2.71 bits per heavy atom. The molecule has 0 fully saturated rings. The molecule has 4 heteroatoms. The second-order valence-electron chi connectivity index (χ2n) is 3.60. The summed E-state index contributed by atoms with van der Waals surface area (Å²) >= 11 is 0. The van der Waals surface area contributed by atoms with E-state index in [2.05, 4.69) is 16.5 Å². The summed E-state index contributed by atoms with van der Waals surface area (Å²) in [6.07, 6.45) is 3.74. The van der Waals surface area contributed by atoms with Crippen LogP contribution in [0.25, 0.3) is 11.4 Å². The van der Waals surface area contributed by atoms with E-state index in [0.29, 0.717) is 0 Å². The highest BCUT2D eigenvalue weighted by Crippen LogP contribution is 2.32. The zero-order valence-electron chi connectivity index (χ0n) is 10.3. The Kier molecular flexibility index (Phi) is 3.32. The topological polar surface area (TPSA) is 36.3 Å². The third kappa shape index (κ3) is 2.11. The fourth-order valence-corrected chi connectivity index (χ4v) is 1.80. The van der Waals surface area contributed by atoms with Crippen molar-refractivity contribution in [2.45, 2.75) is 13.5 Å². The third-order valence-corrected chi connectivity index (χ3v) is 2.70. The summed E-state index contributed by atoms with van der Waals surface area (Å²) in [4.78, 5) is 4.37. The lowest BCUT2D eigenvalue weighted by Gasteiger charge is -2.11. The van der Waals surface area contributed by atoms with Crippen LogP contribution in [0.1, 0.15) is 6.92 Å². The van der Waals surface area contributed by atoms with Gasteiger partial charge in [-0.1, -0.05) is 0 Å². The van der Waals surface area contributed by atoms with Crippen LogP contribution in [0, 0.1) is 0 Å². The zero-order chi connectivity index (χ0) is 12.3.